The Hall–Kier alpha value is -4.06. The number of fused-ring (bicyclic) bond motifs is 1. The lowest BCUT2D eigenvalue weighted by Gasteiger charge is -2.09. The van der Waals surface area contributed by atoms with Gasteiger partial charge in [0.1, 0.15) is 5.69 Å². The van der Waals surface area contributed by atoms with Crippen LogP contribution in [0.25, 0.3) is 16.9 Å². The molecule has 142 valence electrons. The zero-order chi connectivity index (χ0) is 19.6. The van der Waals surface area contributed by atoms with E-state index >= 15 is 0 Å². The molecule has 0 spiro atoms. The van der Waals surface area contributed by atoms with Crippen molar-refractivity contribution in [3.05, 3.63) is 90.6 Å². The fourth-order valence-electron chi connectivity index (χ4n) is 3.23. The van der Waals surface area contributed by atoms with E-state index in [-0.39, 0.29) is 12.7 Å². The number of amides is 1. The predicted octanol–water partition coefficient (Wildman–Crippen LogP) is 4.52. The maximum Gasteiger partial charge on any atom is 0.274 e. The van der Waals surface area contributed by atoms with Crippen molar-refractivity contribution in [3.63, 3.8) is 0 Å². The first kappa shape index (κ1) is 17.1. The molecule has 1 aromatic heterocycles. The largest absolute Gasteiger partial charge is 0.454 e. The maximum absolute atomic E-state index is 13.1. The number of ether oxygens (including phenoxy) is 2. The molecule has 0 aliphatic carbocycles. The minimum absolute atomic E-state index is 0.188. The van der Waals surface area contributed by atoms with Gasteiger partial charge in [-0.2, -0.15) is 5.10 Å². The lowest BCUT2D eigenvalue weighted by atomic mass is 10.1. The Kier molecular flexibility index (Phi) is 4.22. The van der Waals surface area contributed by atoms with Gasteiger partial charge in [0.25, 0.3) is 5.91 Å². The summed E-state index contributed by atoms with van der Waals surface area (Å²) >= 11 is 0. The SMILES string of the molecule is O=C(Nc1ccc2c(c1)OCO2)c1cc(-c2ccccc2)nn1-c1ccccc1. The second-order valence-corrected chi connectivity index (χ2v) is 6.55. The number of para-hydroxylation sites is 1. The van der Waals surface area contributed by atoms with E-state index < -0.39 is 0 Å². The quantitative estimate of drug-likeness (QED) is 0.563. The van der Waals surface area contributed by atoms with E-state index in [1.165, 1.54) is 0 Å². The molecule has 5 rings (SSSR count). The third kappa shape index (κ3) is 3.32. The summed E-state index contributed by atoms with van der Waals surface area (Å²) in [4.78, 5) is 13.1. The second kappa shape index (κ2) is 7.16. The number of nitrogens with one attached hydrogen (secondary N) is 1. The molecule has 29 heavy (non-hydrogen) atoms. The molecular formula is C23H17N3O3. The topological polar surface area (TPSA) is 65.4 Å². The number of rotatable bonds is 4. The highest BCUT2D eigenvalue weighted by molar-refractivity contribution is 6.04. The van der Waals surface area contributed by atoms with E-state index in [9.17, 15) is 4.79 Å². The van der Waals surface area contributed by atoms with Crippen LogP contribution < -0.4 is 14.8 Å². The van der Waals surface area contributed by atoms with Crippen LogP contribution in [0.1, 0.15) is 10.5 Å². The van der Waals surface area contributed by atoms with Gasteiger partial charge in [0.05, 0.1) is 11.4 Å². The molecule has 3 aromatic carbocycles. The molecule has 0 saturated heterocycles. The third-order valence-electron chi connectivity index (χ3n) is 4.64. The fraction of sp³-hybridized carbons (Fsp3) is 0.0435. The number of aromatic nitrogens is 2. The van der Waals surface area contributed by atoms with Crippen LogP contribution in [-0.2, 0) is 0 Å². The van der Waals surface area contributed by atoms with Gasteiger partial charge in [-0.25, -0.2) is 4.68 Å². The second-order valence-electron chi connectivity index (χ2n) is 6.55. The van der Waals surface area contributed by atoms with Crippen LogP contribution in [0.3, 0.4) is 0 Å². The highest BCUT2D eigenvalue weighted by Gasteiger charge is 2.19. The first-order chi connectivity index (χ1) is 14.3. The summed E-state index contributed by atoms with van der Waals surface area (Å²) in [5.74, 6) is 1.02. The summed E-state index contributed by atoms with van der Waals surface area (Å²) in [6, 6.07) is 26.5. The number of nitrogens with zero attached hydrogens (tertiary/aromatic N) is 2. The average molecular weight is 383 g/mol. The molecule has 2 heterocycles. The smallest absolute Gasteiger partial charge is 0.274 e. The summed E-state index contributed by atoms with van der Waals surface area (Å²) in [5, 5.41) is 7.61. The van der Waals surface area contributed by atoms with Crippen molar-refractivity contribution in [1.82, 2.24) is 9.78 Å². The van der Waals surface area contributed by atoms with Gasteiger partial charge >= 0.3 is 0 Å². The summed E-state index contributed by atoms with van der Waals surface area (Å²) in [6.45, 7) is 0.188. The molecule has 1 aliphatic rings. The van der Waals surface area contributed by atoms with Gasteiger partial charge in [-0.05, 0) is 30.3 Å². The number of anilines is 1. The van der Waals surface area contributed by atoms with Gasteiger partial charge in [0, 0.05) is 17.3 Å². The molecule has 0 atom stereocenters. The van der Waals surface area contributed by atoms with Crippen molar-refractivity contribution in [1.29, 1.82) is 0 Å². The Labute approximate surface area is 167 Å². The summed E-state index contributed by atoms with van der Waals surface area (Å²) in [5.41, 5.74) is 3.55. The highest BCUT2D eigenvalue weighted by atomic mass is 16.7. The standard InChI is InChI=1S/C23H17N3O3/c27-23(24-17-11-12-21-22(13-17)29-15-28-21)20-14-19(16-7-3-1-4-8-16)25-26(20)18-9-5-2-6-10-18/h1-14H,15H2,(H,24,27). The van der Waals surface area contributed by atoms with Crippen LogP contribution in [0.2, 0.25) is 0 Å². The molecule has 1 amide bonds. The predicted molar refractivity (Wildman–Crippen MR) is 110 cm³/mol. The molecule has 1 aliphatic heterocycles. The Bertz CT molecular complexity index is 1170. The monoisotopic (exact) mass is 383 g/mol. The number of benzene rings is 3. The molecule has 4 aromatic rings. The van der Waals surface area contributed by atoms with Gasteiger partial charge in [0.15, 0.2) is 11.5 Å². The van der Waals surface area contributed by atoms with Crippen LogP contribution in [-0.4, -0.2) is 22.5 Å². The van der Waals surface area contributed by atoms with E-state index in [1.54, 1.807) is 28.9 Å². The summed E-state index contributed by atoms with van der Waals surface area (Å²) in [6.07, 6.45) is 0. The first-order valence-electron chi connectivity index (χ1n) is 9.20. The van der Waals surface area contributed by atoms with E-state index in [1.807, 2.05) is 60.7 Å². The van der Waals surface area contributed by atoms with Crippen molar-refractivity contribution < 1.29 is 14.3 Å². The minimum Gasteiger partial charge on any atom is -0.454 e. The van der Waals surface area contributed by atoms with Crippen molar-refractivity contribution >= 4 is 11.6 Å². The van der Waals surface area contributed by atoms with Crippen molar-refractivity contribution in [2.75, 3.05) is 12.1 Å². The van der Waals surface area contributed by atoms with Crippen LogP contribution in [0.4, 0.5) is 5.69 Å². The molecule has 1 N–H and O–H groups in total. The minimum atomic E-state index is -0.262. The molecular weight excluding hydrogens is 366 g/mol. The fourth-order valence-corrected chi connectivity index (χ4v) is 3.23. The number of hydrogen-bond donors (Lipinski definition) is 1. The summed E-state index contributed by atoms with van der Waals surface area (Å²) < 4.78 is 12.4. The van der Waals surface area contributed by atoms with Crippen LogP contribution in [0.15, 0.2) is 84.9 Å². The zero-order valence-electron chi connectivity index (χ0n) is 15.4. The first-order valence-corrected chi connectivity index (χ1v) is 9.20. The van der Waals surface area contributed by atoms with E-state index in [2.05, 4.69) is 10.4 Å². The normalized spacial score (nSPS) is 12.0. The van der Waals surface area contributed by atoms with Crippen LogP contribution >= 0.6 is 0 Å². The molecule has 6 nitrogen and oxygen atoms in total. The molecule has 0 unspecified atom stereocenters. The lowest BCUT2D eigenvalue weighted by Crippen LogP contribution is -2.16. The van der Waals surface area contributed by atoms with Gasteiger partial charge in [-0.15, -0.1) is 0 Å². The van der Waals surface area contributed by atoms with Crippen molar-refractivity contribution in [2.24, 2.45) is 0 Å². The molecule has 6 heteroatoms. The Morgan fingerprint density at radius 1 is 0.862 bits per heavy atom. The summed E-state index contributed by atoms with van der Waals surface area (Å²) in [7, 11) is 0. The van der Waals surface area contributed by atoms with Gasteiger partial charge in [-0.3, -0.25) is 4.79 Å². The Morgan fingerprint density at radius 3 is 2.38 bits per heavy atom. The van der Waals surface area contributed by atoms with E-state index in [4.69, 9.17) is 9.47 Å². The van der Waals surface area contributed by atoms with Gasteiger partial charge in [-0.1, -0.05) is 48.5 Å². The Morgan fingerprint density at radius 2 is 1.59 bits per heavy atom. The van der Waals surface area contributed by atoms with Crippen LogP contribution in [0.5, 0.6) is 11.5 Å². The zero-order valence-corrected chi connectivity index (χ0v) is 15.4. The third-order valence-corrected chi connectivity index (χ3v) is 4.64. The molecule has 0 radical (unpaired) electrons. The average Bonchev–Trinajstić information content (AvgIpc) is 3.42. The van der Waals surface area contributed by atoms with Gasteiger partial charge in [0.2, 0.25) is 6.79 Å². The maximum atomic E-state index is 13.1. The molecule has 0 saturated carbocycles. The van der Waals surface area contributed by atoms with Crippen molar-refractivity contribution in [3.8, 4) is 28.4 Å². The number of carbonyl (C=O) groups excluding carboxylic acids is 1. The Balaban J connectivity index is 1.52. The number of hydrogen-bond acceptors (Lipinski definition) is 4. The van der Waals surface area contributed by atoms with Gasteiger partial charge < -0.3 is 14.8 Å². The number of carbonyl (C=O) groups is 1. The van der Waals surface area contributed by atoms with E-state index in [0.717, 1.165) is 16.9 Å². The lowest BCUT2D eigenvalue weighted by molar-refractivity contribution is 0.101. The molecule has 0 fully saturated rings. The highest BCUT2D eigenvalue weighted by Crippen LogP contribution is 2.34. The van der Waals surface area contributed by atoms with Crippen LogP contribution in [0, 0.1) is 0 Å². The van der Waals surface area contributed by atoms with E-state index in [0.29, 0.717) is 22.9 Å². The molecule has 0 bridgehead atoms. The van der Waals surface area contributed by atoms with Crippen molar-refractivity contribution in [2.45, 2.75) is 0 Å².